The monoisotopic (exact) mass is 306 g/mol. The number of aromatic nitrogens is 3. The van der Waals surface area contributed by atoms with Gasteiger partial charge < -0.3 is 5.32 Å². The summed E-state index contributed by atoms with van der Waals surface area (Å²) in [7, 11) is 0. The highest BCUT2D eigenvalue weighted by Crippen LogP contribution is 2.17. The van der Waals surface area contributed by atoms with E-state index in [-0.39, 0.29) is 0 Å². The second-order valence-corrected chi connectivity index (χ2v) is 5.71. The fraction of sp³-hybridized carbons (Fsp3) is 0.263. The van der Waals surface area contributed by atoms with E-state index in [1.54, 1.807) is 12.4 Å². The van der Waals surface area contributed by atoms with Crippen LogP contribution in [-0.4, -0.2) is 21.3 Å². The normalized spacial score (nSPS) is 12.2. The fourth-order valence-electron chi connectivity index (χ4n) is 2.66. The Morgan fingerprint density at radius 3 is 2.70 bits per heavy atom. The summed E-state index contributed by atoms with van der Waals surface area (Å²) in [5, 5.41) is 7.79. The Balaban J connectivity index is 1.54. The Hall–Kier alpha value is -2.46. The summed E-state index contributed by atoms with van der Waals surface area (Å²) >= 11 is 0. The van der Waals surface area contributed by atoms with Gasteiger partial charge in [0.05, 0.1) is 0 Å². The average Bonchev–Trinajstić information content (AvgIpc) is 3.14. The molecule has 0 bridgehead atoms. The van der Waals surface area contributed by atoms with Crippen molar-refractivity contribution < 1.29 is 0 Å². The van der Waals surface area contributed by atoms with Crippen molar-refractivity contribution in [3.05, 3.63) is 78.2 Å². The molecule has 0 fully saturated rings. The molecule has 1 atom stereocenters. The molecule has 0 aliphatic rings. The summed E-state index contributed by atoms with van der Waals surface area (Å²) in [6.07, 6.45) is 6.61. The maximum atomic E-state index is 4.44. The second-order valence-electron chi connectivity index (χ2n) is 5.71. The molecular weight excluding hydrogens is 284 g/mol. The molecule has 0 aliphatic heterocycles. The molecular formula is C19H22N4. The zero-order valence-electron chi connectivity index (χ0n) is 13.4. The van der Waals surface area contributed by atoms with Gasteiger partial charge in [-0.25, -0.2) is 9.67 Å². The highest BCUT2D eigenvalue weighted by atomic mass is 15.3. The predicted octanol–water partition coefficient (Wildman–Crippen LogP) is 3.55. The van der Waals surface area contributed by atoms with Crippen LogP contribution in [0.5, 0.6) is 0 Å². The summed E-state index contributed by atoms with van der Waals surface area (Å²) in [4.78, 5) is 4.44. The molecule has 3 aromatic rings. The van der Waals surface area contributed by atoms with E-state index >= 15 is 0 Å². The lowest BCUT2D eigenvalue weighted by Gasteiger charge is -2.13. The van der Waals surface area contributed by atoms with Crippen molar-refractivity contribution in [3.63, 3.8) is 0 Å². The van der Waals surface area contributed by atoms with Gasteiger partial charge in [-0.3, -0.25) is 0 Å². The molecule has 4 heteroatoms. The molecule has 0 spiro atoms. The maximum Gasteiger partial charge on any atom is 0.157 e. The first-order chi connectivity index (χ1) is 11.3. The van der Waals surface area contributed by atoms with Crippen LogP contribution in [-0.2, 0) is 6.54 Å². The van der Waals surface area contributed by atoms with E-state index in [0.29, 0.717) is 5.92 Å². The second kappa shape index (κ2) is 7.70. The van der Waals surface area contributed by atoms with E-state index in [2.05, 4.69) is 58.7 Å². The topological polar surface area (TPSA) is 42.7 Å². The highest BCUT2D eigenvalue weighted by Gasteiger charge is 2.07. The number of benzene rings is 1. The lowest BCUT2D eigenvalue weighted by molar-refractivity contribution is 0.591. The first-order valence-electron chi connectivity index (χ1n) is 8.04. The van der Waals surface area contributed by atoms with Crippen LogP contribution in [0.1, 0.15) is 30.4 Å². The molecule has 3 rings (SSSR count). The summed E-state index contributed by atoms with van der Waals surface area (Å²) in [5.74, 6) is 1.45. The maximum absolute atomic E-state index is 4.44. The van der Waals surface area contributed by atoms with Crippen LogP contribution in [0.3, 0.4) is 0 Å². The molecule has 1 N–H and O–H groups in total. The average molecular weight is 306 g/mol. The van der Waals surface area contributed by atoms with Crippen molar-refractivity contribution in [2.45, 2.75) is 25.8 Å². The first-order valence-corrected chi connectivity index (χ1v) is 8.04. The zero-order chi connectivity index (χ0) is 15.9. The number of hydrogen-bond donors (Lipinski definition) is 1. The van der Waals surface area contributed by atoms with Crippen molar-refractivity contribution in [1.29, 1.82) is 0 Å². The van der Waals surface area contributed by atoms with Gasteiger partial charge in [-0.1, -0.05) is 43.3 Å². The number of rotatable bonds is 7. The van der Waals surface area contributed by atoms with Crippen molar-refractivity contribution >= 4 is 0 Å². The van der Waals surface area contributed by atoms with Gasteiger partial charge in [0, 0.05) is 30.7 Å². The third kappa shape index (κ3) is 4.05. The highest BCUT2D eigenvalue weighted by molar-refractivity contribution is 5.32. The van der Waals surface area contributed by atoms with Gasteiger partial charge in [-0.2, -0.15) is 5.10 Å². The minimum Gasteiger partial charge on any atom is -0.313 e. The predicted molar refractivity (Wildman–Crippen MR) is 92.5 cm³/mol. The summed E-state index contributed by atoms with van der Waals surface area (Å²) < 4.78 is 1.81. The number of nitrogens with zero attached hydrogens (tertiary/aromatic N) is 3. The van der Waals surface area contributed by atoms with Crippen molar-refractivity contribution in [2.24, 2.45) is 0 Å². The molecule has 0 aliphatic carbocycles. The third-order valence-electron chi connectivity index (χ3n) is 4.03. The van der Waals surface area contributed by atoms with E-state index in [0.717, 1.165) is 30.9 Å². The van der Waals surface area contributed by atoms with Crippen molar-refractivity contribution in [3.8, 4) is 5.82 Å². The number of nitrogens with one attached hydrogen (secondary N) is 1. The Morgan fingerprint density at radius 1 is 1.04 bits per heavy atom. The smallest absolute Gasteiger partial charge is 0.157 e. The summed E-state index contributed by atoms with van der Waals surface area (Å²) in [6, 6.07) is 16.6. The van der Waals surface area contributed by atoms with Crippen LogP contribution in [0.15, 0.2) is 67.1 Å². The first kappa shape index (κ1) is 15.4. The van der Waals surface area contributed by atoms with Gasteiger partial charge in [-0.15, -0.1) is 0 Å². The summed E-state index contributed by atoms with van der Waals surface area (Å²) in [6.45, 7) is 4.05. The molecule has 0 saturated carbocycles. The van der Waals surface area contributed by atoms with Gasteiger partial charge >= 0.3 is 0 Å². The van der Waals surface area contributed by atoms with Crippen LogP contribution in [0.4, 0.5) is 0 Å². The van der Waals surface area contributed by atoms with E-state index in [1.165, 1.54) is 5.56 Å². The minimum atomic E-state index is 0.559. The molecule has 0 saturated heterocycles. The lowest BCUT2D eigenvalue weighted by atomic mass is 9.98. The quantitative estimate of drug-likeness (QED) is 0.679. The molecule has 4 nitrogen and oxygen atoms in total. The third-order valence-corrected chi connectivity index (χ3v) is 4.03. The van der Waals surface area contributed by atoms with Gasteiger partial charge in [0.15, 0.2) is 5.82 Å². The van der Waals surface area contributed by atoms with Gasteiger partial charge in [-0.05, 0) is 36.6 Å². The van der Waals surface area contributed by atoms with Crippen LogP contribution in [0.25, 0.3) is 5.82 Å². The van der Waals surface area contributed by atoms with E-state index < -0.39 is 0 Å². The standard InChI is InChI=1S/C19H22N4/c1-16(17-7-3-2-4-8-17)10-13-20-15-18-9-5-11-21-19(18)23-14-6-12-22-23/h2-9,11-12,14,16,20H,10,13,15H2,1H3. The van der Waals surface area contributed by atoms with Crippen LogP contribution < -0.4 is 5.32 Å². The Kier molecular flexibility index (Phi) is 5.17. The molecule has 2 aromatic heterocycles. The van der Waals surface area contributed by atoms with E-state index in [9.17, 15) is 0 Å². The molecule has 118 valence electrons. The van der Waals surface area contributed by atoms with Gasteiger partial charge in [0.2, 0.25) is 0 Å². The van der Waals surface area contributed by atoms with Crippen molar-refractivity contribution in [2.75, 3.05) is 6.54 Å². The molecule has 23 heavy (non-hydrogen) atoms. The van der Waals surface area contributed by atoms with Crippen LogP contribution in [0, 0.1) is 0 Å². The Morgan fingerprint density at radius 2 is 1.91 bits per heavy atom. The van der Waals surface area contributed by atoms with Gasteiger partial charge in [0.25, 0.3) is 0 Å². The SMILES string of the molecule is CC(CCNCc1cccnc1-n1cccn1)c1ccccc1. The molecule has 2 heterocycles. The number of hydrogen-bond acceptors (Lipinski definition) is 3. The minimum absolute atomic E-state index is 0.559. The number of pyridine rings is 1. The molecule has 1 unspecified atom stereocenters. The largest absolute Gasteiger partial charge is 0.313 e. The zero-order valence-corrected chi connectivity index (χ0v) is 13.4. The molecule has 1 aromatic carbocycles. The van der Waals surface area contributed by atoms with Crippen LogP contribution in [0.2, 0.25) is 0 Å². The molecule has 0 amide bonds. The van der Waals surface area contributed by atoms with Crippen LogP contribution >= 0.6 is 0 Å². The van der Waals surface area contributed by atoms with E-state index in [1.807, 2.05) is 23.0 Å². The van der Waals surface area contributed by atoms with Gasteiger partial charge in [0.1, 0.15) is 0 Å². The van der Waals surface area contributed by atoms with Crippen molar-refractivity contribution in [1.82, 2.24) is 20.1 Å². The van der Waals surface area contributed by atoms with E-state index in [4.69, 9.17) is 0 Å². The summed E-state index contributed by atoms with van der Waals surface area (Å²) in [5.41, 5.74) is 2.55. The molecule has 0 radical (unpaired) electrons. The Bertz CT molecular complexity index is 707. The Labute approximate surface area is 137 Å². The lowest BCUT2D eigenvalue weighted by Crippen LogP contribution is -2.18. The fourth-order valence-corrected chi connectivity index (χ4v) is 2.66.